The second kappa shape index (κ2) is 5.34. The summed E-state index contributed by atoms with van der Waals surface area (Å²) in [7, 11) is 1.83. The fourth-order valence-corrected chi connectivity index (χ4v) is 1.57. The first-order chi connectivity index (χ1) is 7.50. The zero-order valence-electron chi connectivity index (χ0n) is 9.14. The second-order valence-corrected chi connectivity index (χ2v) is 3.66. The smallest absolute Gasteiger partial charge is 0.303 e. The molecule has 1 rings (SSSR count). The highest BCUT2D eigenvalue weighted by Crippen LogP contribution is 2.11. The molecule has 0 fully saturated rings. The summed E-state index contributed by atoms with van der Waals surface area (Å²) < 4.78 is 1.87. The average Bonchev–Trinajstić information content (AvgIpc) is 2.53. The molecule has 0 aliphatic heterocycles. The van der Waals surface area contributed by atoms with Crippen LogP contribution >= 0.6 is 0 Å². The number of aliphatic carboxylic acids is 2. The van der Waals surface area contributed by atoms with Crippen LogP contribution in [0.4, 0.5) is 0 Å². The van der Waals surface area contributed by atoms with Crippen LogP contribution in [-0.2, 0) is 29.5 Å². The minimum absolute atomic E-state index is 0.0935. The van der Waals surface area contributed by atoms with Crippen molar-refractivity contribution in [3.8, 4) is 0 Å². The van der Waals surface area contributed by atoms with Crippen molar-refractivity contribution in [1.29, 1.82) is 0 Å². The van der Waals surface area contributed by atoms with E-state index in [1.54, 1.807) is 0 Å². The number of hydrogen-bond donors (Lipinski definition) is 2. The summed E-state index contributed by atoms with van der Waals surface area (Å²) in [5.74, 6) is -1.65. The van der Waals surface area contributed by atoms with E-state index < -0.39 is 11.9 Å². The molecule has 0 aliphatic carbocycles. The van der Waals surface area contributed by atoms with Crippen molar-refractivity contribution in [2.75, 3.05) is 0 Å². The molecule has 0 amide bonds. The van der Waals surface area contributed by atoms with Crippen LogP contribution < -0.4 is 0 Å². The van der Waals surface area contributed by atoms with Gasteiger partial charge in [-0.2, -0.15) is 0 Å². The minimum atomic E-state index is -0.826. The molecule has 0 bridgehead atoms. The van der Waals surface area contributed by atoms with Crippen LogP contribution in [0.5, 0.6) is 0 Å². The first-order valence-electron chi connectivity index (χ1n) is 5.07. The number of carboxylic acid groups (broad SMARTS) is 2. The van der Waals surface area contributed by atoms with E-state index >= 15 is 0 Å². The maximum Gasteiger partial charge on any atom is 0.303 e. The zero-order valence-corrected chi connectivity index (χ0v) is 9.14. The highest BCUT2D eigenvalue weighted by molar-refractivity contribution is 5.67. The van der Waals surface area contributed by atoms with E-state index in [0.29, 0.717) is 12.8 Å². The van der Waals surface area contributed by atoms with Gasteiger partial charge in [0.25, 0.3) is 0 Å². The van der Waals surface area contributed by atoms with Crippen LogP contribution in [0.25, 0.3) is 0 Å². The molecule has 0 radical (unpaired) electrons. The Balaban J connectivity index is 2.61. The number of aromatic nitrogens is 1. The number of rotatable bonds is 6. The average molecular weight is 225 g/mol. The van der Waals surface area contributed by atoms with Gasteiger partial charge in [0, 0.05) is 18.4 Å². The molecular formula is C11H15NO4. The van der Waals surface area contributed by atoms with E-state index in [2.05, 4.69) is 0 Å². The predicted octanol–water partition coefficient (Wildman–Crippen LogP) is 1.06. The Morgan fingerprint density at radius 2 is 1.44 bits per heavy atom. The largest absolute Gasteiger partial charge is 0.481 e. The summed E-state index contributed by atoms with van der Waals surface area (Å²) in [6.45, 7) is 0. The fraction of sp³-hybridized carbons (Fsp3) is 0.455. The summed E-state index contributed by atoms with van der Waals surface area (Å²) in [6.07, 6.45) is 1.13. The number of carbonyl (C=O) groups is 2. The summed E-state index contributed by atoms with van der Waals surface area (Å²) in [5.41, 5.74) is 1.84. The van der Waals surface area contributed by atoms with Crippen LogP contribution in [0, 0.1) is 0 Å². The monoisotopic (exact) mass is 225 g/mol. The van der Waals surface area contributed by atoms with Crippen molar-refractivity contribution in [3.63, 3.8) is 0 Å². The molecule has 1 aromatic rings. The van der Waals surface area contributed by atoms with Crippen LogP contribution in [0.3, 0.4) is 0 Å². The lowest BCUT2D eigenvalue weighted by atomic mass is 10.2. The normalized spacial score (nSPS) is 10.3. The van der Waals surface area contributed by atoms with Crippen molar-refractivity contribution in [3.05, 3.63) is 23.5 Å². The topological polar surface area (TPSA) is 79.5 Å². The van der Waals surface area contributed by atoms with Gasteiger partial charge in [-0.3, -0.25) is 9.59 Å². The van der Waals surface area contributed by atoms with Gasteiger partial charge in [-0.25, -0.2) is 0 Å². The number of carboxylic acids is 2. The third-order valence-electron chi connectivity index (χ3n) is 2.52. The minimum Gasteiger partial charge on any atom is -0.481 e. The summed E-state index contributed by atoms with van der Waals surface area (Å²) in [4.78, 5) is 20.8. The lowest BCUT2D eigenvalue weighted by Gasteiger charge is -2.05. The predicted molar refractivity (Wildman–Crippen MR) is 57.3 cm³/mol. The van der Waals surface area contributed by atoms with Crippen molar-refractivity contribution in [2.24, 2.45) is 7.05 Å². The van der Waals surface area contributed by atoms with Gasteiger partial charge < -0.3 is 14.8 Å². The van der Waals surface area contributed by atoms with Crippen LogP contribution in [0.15, 0.2) is 12.1 Å². The van der Waals surface area contributed by atoms with Crippen molar-refractivity contribution < 1.29 is 19.8 Å². The molecule has 0 spiro atoms. The zero-order chi connectivity index (χ0) is 12.1. The summed E-state index contributed by atoms with van der Waals surface area (Å²) >= 11 is 0. The maximum atomic E-state index is 10.4. The van der Waals surface area contributed by atoms with E-state index in [4.69, 9.17) is 10.2 Å². The number of nitrogens with zero attached hydrogens (tertiary/aromatic N) is 1. The van der Waals surface area contributed by atoms with E-state index in [-0.39, 0.29) is 12.8 Å². The van der Waals surface area contributed by atoms with Crippen molar-refractivity contribution in [1.82, 2.24) is 4.57 Å². The van der Waals surface area contributed by atoms with Crippen molar-refractivity contribution in [2.45, 2.75) is 25.7 Å². The highest BCUT2D eigenvalue weighted by Gasteiger charge is 2.07. The van der Waals surface area contributed by atoms with Gasteiger partial charge in [-0.05, 0) is 25.0 Å². The fourth-order valence-electron chi connectivity index (χ4n) is 1.57. The van der Waals surface area contributed by atoms with E-state index in [0.717, 1.165) is 11.4 Å². The molecule has 5 heteroatoms. The Morgan fingerprint density at radius 1 is 1.06 bits per heavy atom. The molecule has 88 valence electrons. The molecule has 0 atom stereocenters. The quantitative estimate of drug-likeness (QED) is 0.758. The number of aryl methyl sites for hydroxylation is 2. The molecule has 5 nitrogen and oxygen atoms in total. The Bertz CT molecular complexity index is 359. The van der Waals surface area contributed by atoms with Crippen LogP contribution in [0.2, 0.25) is 0 Å². The Morgan fingerprint density at radius 3 is 1.75 bits per heavy atom. The highest BCUT2D eigenvalue weighted by atomic mass is 16.4. The van der Waals surface area contributed by atoms with Gasteiger partial charge >= 0.3 is 11.9 Å². The van der Waals surface area contributed by atoms with E-state index in [1.807, 2.05) is 23.7 Å². The van der Waals surface area contributed by atoms with Gasteiger partial charge in [0.05, 0.1) is 12.8 Å². The van der Waals surface area contributed by atoms with Gasteiger partial charge in [-0.15, -0.1) is 0 Å². The molecule has 0 aliphatic rings. The first-order valence-corrected chi connectivity index (χ1v) is 5.07. The van der Waals surface area contributed by atoms with Gasteiger partial charge in [-0.1, -0.05) is 0 Å². The van der Waals surface area contributed by atoms with Crippen LogP contribution in [-0.4, -0.2) is 26.7 Å². The molecule has 16 heavy (non-hydrogen) atoms. The third-order valence-corrected chi connectivity index (χ3v) is 2.52. The molecule has 0 saturated carbocycles. The maximum absolute atomic E-state index is 10.4. The lowest BCUT2D eigenvalue weighted by Crippen LogP contribution is -2.06. The molecule has 1 heterocycles. The van der Waals surface area contributed by atoms with Gasteiger partial charge in [0.15, 0.2) is 0 Å². The Labute approximate surface area is 93.3 Å². The number of hydrogen-bond acceptors (Lipinski definition) is 2. The lowest BCUT2D eigenvalue weighted by molar-refractivity contribution is -0.137. The second-order valence-electron chi connectivity index (χ2n) is 3.66. The van der Waals surface area contributed by atoms with E-state index in [9.17, 15) is 9.59 Å². The standard InChI is InChI=1S/C11H15NO4/c1-12-8(4-6-10(13)14)2-3-9(12)5-7-11(15)16/h2-3H,4-7H2,1H3,(H,13,14)(H,15,16). The third kappa shape index (κ3) is 3.42. The Hall–Kier alpha value is -1.78. The summed E-state index contributed by atoms with van der Waals surface area (Å²) in [6, 6.07) is 3.69. The Kier molecular flexibility index (Phi) is 4.10. The molecular weight excluding hydrogens is 210 g/mol. The van der Waals surface area contributed by atoms with Gasteiger partial charge in [0.1, 0.15) is 0 Å². The first kappa shape index (κ1) is 12.3. The SMILES string of the molecule is Cn1c(CCC(=O)O)ccc1CCC(=O)O. The summed E-state index contributed by atoms with van der Waals surface area (Å²) in [5, 5.41) is 17.1. The molecule has 0 saturated heterocycles. The molecule has 0 unspecified atom stereocenters. The van der Waals surface area contributed by atoms with E-state index in [1.165, 1.54) is 0 Å². The molecule has 1 aromatic heterocycles. The van der Waals surface area contributed by atoms with Crippen molar-refractivity contribution >= 4 is 11.9 Å². The molecule has 2 N–H and O–H groups in total. The molecule has 0 aromatic carbocycles. The van der Waals surface area contributed by atoms with Gasteiger partial charge in [0.2, 0.25) is 0 Å². The van der Waals surface area contributed by atoms with Crippen LogP contribution in [0.1, 0.15) is 24.2 Å².